The molecule has 0 aliphatic rings. The molecule has 2 rings (SSSR count). The number of methoxy groups -OCH3 is 1. The van der Waals surface area contributed by atoms with Gasteiger partial charge in [0.1, 0.15) is 12.5 Å². The van der Waals surface area contributed by atoms with Gasteiger partial charge in [-0.15, -0.1) is 5.10 Å². The number of nitrogens with one attached hydrogen (secondary N) is 1. The number of halogens is 3. The van der Waals surface area contributed by atoms with E-state index in [1.807, 2.05) is 0 Å². The van der Waals surface area contributed by atoms with Crippen LogP contribution in [0.1, 0.15) is 16.8 Å². The second-order valence-corrected chi connectivity index (χ2v) is 5.26. The van der Waals surface area contributed by atoms with E-state index in [-0.39, 0.29) is 23.3 Å². The van der Waals surface area contributed by atoms with E-state index in [0.29, 0.717) is 5.69 Å². The lowest BCUT2D eigenvalue weighted by atomic mass is 10.1. The van der Waals surface area contributed by atoms with Crippen molar-refractivity contribution >= 4 is 17.3 Å². The summed E-state index contributed by atoms with van der Waals surface area (Å²) in [7, 11) is 1.48. The van der Waals surface area contributed by atoms with E-state index in [9.17, 15) is 13.2 Å². The van der Waals surface area contributed by atoms with Crippen molar-refractivity contribution in [2.45, 2.75) is 13.1 Å². The second kappa shape index (κ2) is 7.50. The quantitative estimate of drug-likeness (QED) is 0.658. The standard InChI is InChI=1S/C15H13F3N4O2S/c1-9-5-13(21-22(9)14(25)20-8-23-2)24-12-4-3-10(7-19)6-11(12)15(16,17)18/h3-6H,8H2,1-2H3,(H,20,25). The van der Waals surface area contributed by atoms with Gasteiger partial charge >= 0.3 is 6.18 Å². The molecule has 1 heterocycles. The van der Waals surface area contributed by atoms with Gasteiger partial charge in [0.25, 0.3) is 0 Å². The number of nitriles is 1. The van der Waals surface area contributed by atoms with Crippen LogP contribution in [0.3, 0.4) is 0 Å². The summed E-state index contributed by atoms with van der Waals surface area (Å²) >= 11 is 5.11. The average Bonchev–Trinajstić information content (AvgIpc) is 2.92. The molecule has 10 heteroatoms. The van der Waals surface area contributed by atoms with Crippen LogP contribution in [0.15, 0.2) is 24.3 Å². The lowest BCUT2D eigenvalue weighted by Crippen LogP contribution is -2.31. The molecule has 1 N–H and O–H groups in total. The van der Waals surface area contributed by atoms with Crippen molar-refractivity contribution in [1.82, 2.24) is 15.1 Å². The summed E-state index contributed by atoms with van der Waals surface area (Å²) in [6.45, 7) is 1.83. The van der Waals surface area contributed by atoms with Crippen molar-refractivity contribution in [2.75, 3.05) is 13.8 Å². The zero-order valence-corrected chi connectivity index (χ0v) is 14.0. The molecule has 0 atom stereocenters. The van der Waals surface area contributed by atoms with Crippen LogP contribution in [0.5, 0.6) is 11.6 Å². The van der Waals surface area contributed by atoms with Gasteiger partial charge in [0.2, 0.25) is 5.88 Å². The number of benzene rings is 1. The van der Waals surface area contributed by atoms with Gasteiger partial charge in [-0.25, -0.2) is 4.68 Å². The zero-order chi connectivity index (χ0) is 18.6. The summed E-state index contributed by atoms with van der Waals surface area (Å²) in [5.41, 5.74) is -0.615. The molecule has 0 amide bonds. The molecule has 0 bridgehead atoms. The maximum Gasteiger partial charge on any atom is 0.420 e. The molecular formula is C15H13F3N4O2S. The predicted octanol–water partition coefficient (Wildman–Crippen LogP) is 3.20. The van der Waals surface area contributed by atoms with Crippen LogP contribution in [0.25, 0.3) is 0 Å². The number of aryl methyl sites for hydroxylation is 1. The largest absolute Gasteiger partial charge is 0.437 e. The molecule has 0 aliphatic carbocycles. The van der Waals surface area contributed by atoms with Gasteiger partial charge in [-0.1, -0.05) is 0 Å². The highest BCUT2D eigenvalue weighted by atomic mass is 32.1. The Morgan fingerprint density at radius 2 is 2.12 bits per heavy atom. The Kier molecular flexibility index (Phi) is 5.61. The third kappa shape index (κ3) is 4.46. The minimum absolute atomic E-state index is 0.0609. The maximum atomic E-state index is 13.2. The predicted molar refractivity (Wildman–Crippen MR) is 86.2 cm³/mol. The first-order valence-corrected chi connectivity index (χ1v) is 7.30. The molecule has 6 nitrogen and oxygen atoms in total. The minimum atomic E-state index is -4.67. The smallest absolute Gasteiger partial charge is 0.420 e. The van der Waals surface area contributed by atoms with Gasteiger partial charge in [-0.3, -0.25) is 0 Å². The third-order valence-corrected chi connectivity index (χ3v) is 3.37. The highest BCUT2D eigenvalue weighted by Gasteiger charge is 2.35. The fourth-order valence-corrected chi connectivity index (χ4v) is 2.18. The highest BCUT2D eigenvalue weighted by molar-refractivity contribution is 7.80. The van der Waals surface area contributed by atoms with Crippen LogP contribution in [-0.4, -0.2) is 28.7 Å². The van der Waals surface area contributed by atoms with Gasteiger partial charge in [-0.2, -0.15) is 18.4 Å². The molecular weight excluding hydrogens is 357 g/mol. The maximum absolute atomic E-state index is 13.2. The molecule has 0 aliphatic heterocycles. The molecule has 1 aromatic carbocycles. The van der Waals surface area contributed by atoms with E-state index in [1.54, 1.807) is 13.0 Å². The summed E-state index contributed by atoms with van der Waals surface area (Å²) in [5, 5.41) is 15.8. The fourth-order valence-electron chi connectivity index (χ4n) is 1.93. The average molecular weight is 370 g/mol. The van der Waals surface area contributed by atoms with E-state index in [0.717, 1.165) is 12.1 Å². The number of nitrogens with zero attached hydrogens (tertiary/aromatic N) is 3. The molecule has 2 aromatic rings. The van der Waals surface area contributed by atoms with Gasteiger partial charge in [0.05, 0.1) is 17.2 Å². The third-order valence-electron chi connectivity index (χ3n) is 3.05. The molecule has 0 radical (unpaired) electrons. The van der Waals surface area contributed by atoms with Gasteiger partial charge < -0.3 is 14.8 Å². The summed E-state index contributed by atoms with van der Waals surface area (Å²) in [5.74, 6) is -0.513. The first-order valence-electron chi connectivity index (χ1n) is 6.89. The molecule has 0 saturated carbocycles. The zero-order valence-electron chi connectivity index (χ0n) is 13.2. The molecule has 0 saturated heterocycles. The van der Waals surface area contributed by atoms with E-state index >= 15 is 0 Å². The van der Waals surface area contributed by atoms with E-state index in [2.05, 4.69) is 10.4 Å². The molecule has 25 heavy (non-hydrogen) atoms. The number of ether oxygens (including phenoxy) is 2. The van der Waals surface area contributed by atoms with Gasteiger partial charge in [-0.05, 0) is 37.3 Å². The summed E-state index contributed by atoms with van der Waals surface area (Å²) in [6.07, 6.45) is -4.67. The van der Waals surface area contributed by atoms with Crippen molar-refractivity contribution in [3.05, 3.63) is 41.1 Å². The monoisotopic (exact) mass is 370 g/mol. The van der Waals surface area contributed by atoms with E-state index < -0.39 is 17.5 Å². The summed E-state index contributed by atoms with van der Waals surface area (Å²) < 4.78 is 50.9. The van der Waals surface area contributed by atoms with Crippen LogP contribution in [0, 0.1) is 18.3 Å². The Morgan fingerprint density at radius 3 is 2.72 bits per heavy atom. The van der Waals surface area contributed by atoms with Crippen LogP contribution in [0.2, 0.25) is 0 Å². The number of hydrogen-bond acceptors (Lipinski definition) is 5. The normalized spacial score (nSPS) is 11.0. The van der Waals surface area contributed by atoms with Crippen molar-refractivity contribution < 1.29 is 22.6 Å². The van der Waals surface area contributed by atoms with Crippen molar-refractivity contribution in [1.29, 1.82) is 5.26 Å². The van der Waals surface area contributed by atoms with Crippen LogP contribution in [0.4, 0.5) is 13.2 Å². The molecule has 0 fully saturated rings. The summed E-state index contributed by atoms with van der Waals surface area (Å²) in [4.78, 5) is 0. The first kappa shape index (κ1) is 18.7. The molecule has 0 unspecified atom stereocenters. The molecule has 132 valence electrons. The first-order chi connectivity index (χ1) is 11.8. The second-order valence-electron chi connectivity index (χ2n) is 4.87. The van der Waals surface area contributed by atoms with Crippen molar-refractivity contribution in [3.8, 4) is 17.7 Å². The van der Waals surface area contributed by atoms with Gasteiger partial charge in [0.15, 0.2) is 5.11 Å². The SMILES string of the molecule is COCNC(=S)n1nc(Oc2ccc(C#N)cc2C(F)(F)F)cc1C. The lowest BCUT2D eigenvalue weighted by Gasteiger charge is -2.12. The lowest BCUT2D eigenvalue weighted by molar-refractivity contribution is -0.138. The minimum Gasteiger partial charge on any atom is -0.437 e. The van der Waals surface area contributed by atoms with Crippen LogP contribution in [-0.2, 0) is 10.9 Å². The Labute approximate surface area is 146 Å². The van der Waals surface area contributed by atoms with Gasteiger partial charge in [0, 0.05) is 18.9 Å². The van der Waals surface area contributed by atoms with E-state index in [1.165, 1.54) is 23.9 Å². The van der Waals surface area contributed by atoms with E-state index in [4.69, 9.17) is 27.0 Å². The Hall–Kier alpha value is -2.64. The van der Waals surface area contributed by atoms with Crippen LogP contribution >= 0.6 is 12.2 Å². The summed E-state index contributed by atoms with van der Waals surface area (Å²) in [6, 6.07) is 6.15. The Morgan fingerprint density at radius 1 is 1.40 bits per heavy atom. The molecule has 1 aromatic heterocycles. The number of hydrogen-bond donors (Lipinski definition) is 1. The van der Waals surface area contributed by atoms with Crippen molar-refractivity contribution in [3.63, 3.8) is 0 Å². The number of aromatic nitrogens is 2. The molecule has 0 spiro atoms. The topological polar surface area (TPSA) is 72.1 Å². The fraction of sp³-hybridized carbons (Fsp3) is 0.267. The number of alkyl halides is 3. The van der Waals surface area contributed by atoms with Crippen molar-refractivity contribution in [2.24, 2.45) is 0 Å². The Bertz CT molecular complexity index is 827. The van der Waals surface area contributed by atoms with Crippen LogP contribution < -0.4 is 10.1 Å². The number of rotatable bonds is 4. The highest BCUT2D eigenvalue weighted by Crippen LogP contribution is 2.38. The number of thiocarbonyl (C=S) groups is 1. The Balaban J connectivity index is 2.32.